The minimum atomic E-state index is 0.233. The van der Waals surface area contributed by atoms with E-state index in [2.05, 4.69) is 18.7 Å². The lowest BCUT2D eigenvalue weighted by molar-refractivity contribution is 0.302. The van der Waals surface area contributed by atoms with E-state index in [1.165, 1.54) is 0 Å². The monoisotopic (exact) mass is 238 g/mol. The van der Waals surface area contributed by atoms with Gasteiger partial charge in [-0.05, 0) is 44.4 Å². The first-order valence-corrected chi connectivity index (χ1v) is 6.49. The number of hydrogen-bond acceptors (Lipinski definition) is 2. The smallest absolute Gasteiger partial charge is 0.0465 e. The molecular weight excluding hydrogens is 212 g/mol. The topological polar surface area (TPSA) is 40.5 Å². The van der Waals surface area contributed by atoms with Crippen LogP contribution in [0.15, 0.2) is 37.0 Å². The molecule has 1 unspecified atom stereocenters. The number of hydrogen-bond donors (Lipinski definition) is 2. The first kappa shape index (κ1) is 16.1. The summed E-state index contributed by atoms with van der Waals surface area (Å²) in [5.41, 5.74) is 0. The van der Waals surface area contributed by atoms with Gasteiger partial charge in [-0.2, -0.15) is 0 Å². The van der Waals surface area contributed by atoms with Gasteiger partial charge in [0, 0.05) is 13.2 Å². The maximum Gasteiger partial charge on any atom is 0.0465 e. The Morgan fingerprint density at radius 1 is 0.765 bits per heavy atom. The van der Waals surface area contributed by atoms with Crippen LogP contribution < -0.4 is 0 Å². The Morgan fingerprint density at radius 3 is 1.53 bits per heavy atom. The van der Waals surface area contributed by atoms with E-state index < -0.39 is 0 Å². The zero-order valence-electron chi connectivity index (χ0n) is 10.7. The second kappa shape index (κ2) is 13.2. The van der Waals surface area contributed by atoms with Crippen LogP contribution in [0.4, 0.5) is 0 Å². The molecule has 17 heavy (non-hydrogen) atoms. The quantitative estimate of drug-likeness (QED) is 0.543. The third-order valence-corrected chi connectivity index (χ3v) is 2.67. The highest BCUT2D eigenvalue weighted by molar-refractivity contribution is 4.88. The fraction of sp³-hybridized carbons (Fsp3) is 0.600. The van der Waals surface area contributed by atoms with Crippen molar-refractivity contribution in [3.63, 3.8) is 0 Å². The van der Waals surface area contributed by atoms with Crippen molar-refractivity contribution >= 4 is 0 Å². The zero-order chi connectivity index (χ0) is 12.8. The normalized spacial score (nSPS) is 13.5. The molecular formula is C15H26O2. The summed E-state index contributed by atoms with van der Waals surface area (Å²) in [6.07, 6.45) is 16.2. The van der Waals surface area contributed by atoms with E-state index in [0.717, 1.165) is 38.5 Å². The van der Waals surface area contributed by atoms with Crippen LogP contribution in [-0.4, -0.2) is 23.4 Å². The van der Waals surface area contributed by atoms with E-state index in [-0.39, 0.29) is 13.2 Å². The summed E-state index contributed by atoms with van der Waals surface area (Å²) in [6.45, 7) is 4.33. The lowest BCUT2D eigenvalue weighted by atomic mass is 9.97. The second-order valence-corrected chi connectivity index (χ2v) is 4.12. The Hall–Kier alpha value is -0.860. The first-order valence-electron chi connectivity index (χ1n) is 6.49. The maximum absolute atomic E-state index is 8.62. The molecule has 0 bridgehead atoms. The van der Waals surface area contributed by atoms with Crippen molar-refractivity contribution < 1.29 is 10.2 Å². The van der Waals surface area contributed by atoms with Gasteiger partial charge in [-0.25, -0.2) is 0 Å². The molecule has 2 N–H and O–H groups in total. The summed E-state index contributed by atoms with van der Waals surface area (Å²) < 4.78 is 0. The molecule has 1 atom stereocenters. The molecule has 0 aromatic heterocycles. The molecule has 0 amide bonds. The fourth-order valence-corrected chi connectivity index (χ4v) is 1.62. The van der Waals surface area contributed by atoms with Crippen LogP contribution in [0.5, 0.6) is 0 Å². The Balaban J connectivity index is 3.58. The Kier molecular flexibility index (Phi) is 12.5. The van der Waals surface area contributed by atoms with Crippen LogP contribution in [0, 0.1) is 5.92 Å². The molecule has 0 heterocycles. The molecule has 0 aromatic rings. The van der Waals surface area contributed by atoms with Crippen molar-refractivity contribution in [2.24, 2.45) is 5.92 Å². The molecule has 0 saturated heterocycles. The third-order valence-electron chi connectivity index (χ3n) is 2.67. The molecule has 98 valence electrons. The van der Waals surface area contributed by atoms with Gasteiger partial charge in [-0.3, -0.25) is 0 Å². The number of allylic oxidation sites excluding steroid dienone is 3. The highest BCUT2D eigenvalue weighted by Gasteiger charge is 2.00. The lowest BCUT2D eigenvalue weighted by Crippen LogP contribution is -1.94. The van der Waals surface area contributed by atoms with Crippen molar-refractivity contribution in [1.82, 2.24) is 0 Å². The van der Waals surface area contributed by atoms with Gasteiger partial charge >= 0.3 is 0 Å². The minimum absolute atomic E-state index is 0.233. The van der Waals surface area contributed by atoms with Gasteiger partial charge in [0.2, 0.25) is 0 Å². The standard InChI is InChI=1S/C15H26O2/c1-2-15(11-7-3-5-9-13-16)12-8-4-6-10-14-17/h2-6,15-17H,1,7-14H2/b5-3-,6-4+. The average Bonchev–Trinajstić information content (AvgIpc) is 2.36. The van der Waals surface area contributed by atoms with Gasteiger partial charge in [0.25, 0.3) is 0 Å². The molecule has 0 fully saturated rings. The van der Waals surface area contributed by atoms with Crippen molar-refractivity contribution in [1.29, 1.82) is 0 Å². The van der Waals surface area contributed by atoms with Gasteiger partial charge < -0.3 is 10.2 Å². The predicted molar refractivity (Wildman–Crippen MR) is 73.8 cm³/mol. The molecule has 0 aliphatic rings. The Morgan fingerprint density at radius 2 is 1.18 bits per heavy atom. The summed E-state index contributed by atoms with van der Waals surface area (Å²) in [4.78, 5) is 0. The molecule has 0 aliphatic carbocycles. The Bertz CT molecular complexity index is 199. The van der Waals surface area contributed by atoms with E-state index in [0.29, 0.717) is 5.92 Å². The van der Waals surface area contributed by atoms with Gasteiger partial charge in [-0.15, -0.1) is 6.58 Å². The molecule has 0 spiro atoms. The van der Waals surface area contributed by atoms with Gasteiger partial charge in [0.1, 0.15) is 0 Å². The van der Waals surface area contributed by atoms with Crippen molar-refractivity contribution in [3.8, 4) is 0 Å². The van der Waals surface area contributed by atoms with Crippen LogP contribution in [0.25, 0.3) is 0 Å². The fourth-order valence-electron chi connectivity index (χ4n) is 1.62. The molecule has 0 saturated carbocycles. The van der Waals surface area contributed by atoms with Crippen molar-refractivity contribution in [3.05, 3.63) is 37.0 Å². The molecule has 2 heteroatoms. The lowest BCUT2D eigenvalue weighted by Gasteiger charge is -2.08. The van der Waals surface area contributed by atoms with E-state index in [1.54, 1.807) is 0 Å². The second-order valence-electron chi connectivity index (χ2n) is 4.12. The van der Waals surface area contributed by atoms with Crippen LogP contribution in [0.2, 0.25) is 0 Å². The average molecular weight is 238 g/mol. The molecule has 0 aromatic carbocycles. The van der Waals surface area contributed by atoms with Crippen molar-refractivity contribution in [2.75, 3.05) is 13.2 Å². The molecule has 0 aliphatic heterocycles. The van der Waals surface area contributed by atoms with Crippen molar-refractivity contribution in [2.45, 2.75) is 38.5 Å². The van der Waals surface area contributed by atoms with Crippen LogP contribution in [0.3, 0.4) is 0 Å². The number of rotatable bonds is 11. The number of aliphatic hydroxyl groups excluding tert-OH is 2. The third kappa shape index (κ3) is 11.4. The van der Waals surface area contributed by atoms with Crippen LogP contribution >= 0.6 is 0 Å². The van der Waals surface area contributed by atoms with E-state index in [9.17, 15) is 0 Å². The zero-order valence-corrected chi connectivity index (χ0v) is 10.7. The van der Waals surface area contributed by atoms with Gasteiger partial charge in [0.05, 0.1) is 0 Å². The maximum atomic E-state index is 8.62. The van der Waals surface area contributed by atoms with Crippen LogP contribution in [-0.2, 0) is 0 Å². The first-order chi connectivity index (χ1) is 8.35. The predicted octanol–water partition coefficient (Wildman–Crippen LogP) is 3.23. The van der Waals surface area contributed by atoms with E-state index >= 15 is 0 Å². The minimum Gasteiger partial charge on any atom is -0.396 e. The summed E-state index contributed by atoms with van der Waals surface area (Å²) in [6, 6.07) is 0. The van der Waals surface area contributed by atoms with E-state index in [4.69, 9.17) is 10.2 Å². The summed E-state index contributed by atoms with van der Waals surface area (Å²) in [5.74, 6) is 0.563. The SMILES string of the molecule is C=CC(CC/C=C\CCO)CC/C=C/CCO. The summed E-state index contributed by atoms with van der Waals surface area (Å²) in [5, 5.41) is 17.2. The van der Waals surface area contributed by atoms with E-state index in [1.807, 2.05) is 18.2 Å². The molecule has 0 rings (SSSR count). The largest absolute Gasteiger partial charge is 0.396 e. The summed E-state index contributed by atoms with van der Waals surface area (Å²) in [7, 11) is 0. The highest BCUT2D eigenvalue weighted by atomic mass is 16.3. The summed E-state index contributed by atoms with van der Waals surface area (Å²) >= 11 is 0. The molecule has 2 nitrogen and oxygen atoms in total. The van der Waals surface area contributed by atoms with Gasteiger partial charge in [0.15, 0.2) is 0 Å². The highest BCUT2D eigenvalue weighted by Crippen LogP contribution is 2.15. The number of aliphatic hydroxyl groups is 2. The molecule has 0 radical (unpaired) electrons. The Labute approximate surface area is 105 Å². The van der Waals surface area contributed by atoms with Gasteiger partial charge in [-0.1, -0.05) is 30.4 Å². The van der Waals surface area contributed by atoms with Crippen LogP contribution in [0.1, 0.15) is 38.5 Å².